The Bertz CT molecular complexity index is 883. The van der Waals surface area contributed by atoms with E-state index in [4.69, 9.17) is 0 Å². The predicted octanol–water partition coefficient (Wildman–Crippen LogP) is 4.59. The van der Waals surface area contributed by atoms with Crippen molar-refractivity contribution in [3.05, 3.63) is 84.4 Å². The Morgan fingerprint density at radius 1 is 1.07 bits per heavy atom. The van der Waals surface area contributed by atoms with Crippen LogP contribution in [0.15, 0.2) is 82.9 Å². The summed E-state index contributed by atoms with van der Waals surface area (Å²) in [7, 11) is 1.80. The SMILES string of the molecule is CN=C(NCc1nccn1CCc1ccccc1)NCC(C)Sc1ccccc1.I. The van der Waals surface area contributed by atoms with Crippen molar-refractivity contribution in [2.45, 2.75) is 36.6 Å². The lowest BCUT2D eigenvalue weighted by Gasteiger charge is -2.16. The lowest BCUT2D eigenvalue weighted by molar-refractivity contribution is 0.634. The number of nitrogens with zero attached hydrogens (tertiary/aromatic N) is 3. The quantitative estimate of drug-likeness (QED) is 0.182. The molecule has 0 spiro atoms. The Hall–Kier alpha value is -2.00. The van der Waals surface area contributed by atoms with Crippen molar-refractivity contribution in [1.82, 2.24) is 20.2 Å². The summed E-state index contributed by atoms with van der Waals surface area (Å²) in [5, 5.41) is 7.22. The van der Waals surface area contributed by atoms with E-state index in [1.165, 1.54) is 10.5 Å². The van der Waals surface area contributed by atoms with E-state index in [0.29, 0.717) is 11.8 Å². The Labute approximate surface area is 200 Å². The molecule has 2 aromatic carbocycles. The van der Waals surface area contributed by atoms with Gasteiger partial charge in [0.05, 0.1) is 6.54 Å². The van der Waals surface area contributed by atoms with E-state index in [0.717, 1.165) is 31.3 Å². The van der Waals surface area contributed by atoms with Gasteiger partial charge in [-0.3, -0.25) is 4.99 Å². The third-order valence-electron chi connectivity index (χ3n) is 4.56. The van der Waals surface area contributed by atoms with Gasteiger partial charge in [-0.25, -0.2) is 4.98 Å². The van der Waals surface area contributed by atoms with Gasteiger partial charge in [0.2, 0.25) is 0 Å². The zero-order valence-electron chi connectivity index (χ0n) is 17.5. The first kappa shape index (κ1) is 24.3. The molecule has 0 fully saturated rings. The highest BCUT2D eigenvalue weighted by molar-refractivity contribution is 14.0. The molecular formula is C23H30IN5S. The molecule has 0 radical (unpaired) electrons. The van der Waals surface area contributed by atoms with Crippen LogP contribution in [-0.4, -0.2) is 34.4 Å². The molecule has 0 amide bonds. The van der Waals surface area contributed by atoms with E-state index in [-0.39, 0.29) is 24.0 Å². The molecule has 0 aliphatic carbocycles. The number of imidazole rings is 1. The Morgan fingerprint density at radius 2 is 1.77 bits per heavy atom. The zero-order chi connectivity index (χ0) is 20.3. The molecule has 1 unspecified atom stereocenters. The van der Waals surface area contributed by atoms with Crippen molar-refractivity contribution >= 4 is 41.7 Å². The van der Waals surface area contributed by atoms with E-state index in [2.05, 4.69) is 80.6 Å². The molecule has 30 heavy (non-hydrogen) atoms. The van der Waals surface area contributed by atoms with E-state index in [9.17, 15) is 0 Å². The first-order valence-electron chi connectivity index (χ1n) is 9.94. The summed E-state index contributed by atoms with van der Waals surface area (Å²) >= 11 is 1.86. The average molecular weight is 535 g/mol. The molecule has 3 aromatic rings. The standard InChI is InChI=1S/C23H29N5S.HI/c1-19(29-21-11-7-4-8-12-21)17-26-23(24-2)27-18-22-25-14-16-28(22)15-13-20-9-5-3-6-10-20;/h3-12,14,16,19H,13,15,17-18H2,1-2H3,(H2,24,26,27);1H. The minimum Gasteiger partial charge on any atom is -0.355 e. The van der Waals surface area contributed by atoms with Crippen LogP contribution in [0, 0.1) is 0 Å². The Morgan fingerprint density at radius 3 is 2.47 bits per heavy atom. The van der Waals surface area contributed by atoms with Gasteiger partial charge in [-0.1, -0.05) is 55.5 Å². The van der Waals surface area contributed by atoms with Crippen LogP contribution in [0.2, 0.25) is 0 Å². The number of rotatable bonds is 9. The zero-order valence-corrected chi connectivity index (χ0v) is 20.6. The van der Waals surface area contributed by atoms with Crippen molar-refractivity contribution in [3.63, 3.8) is 0 Å². The van der Waals surface area contributed by atoms with Crippen molar-refractivity contribution in [2.75, 3.05) is 13.6 Å². The topological polar surface area (TPSA) is 54.2 Å². The largest absolute Gasteiger partial charge is 0.355 e. The van der Waals surface area contributed by atoms with Crippen LogP contribution in [0.5, 0.6) is 0 Å². The second-order valence-corrected chi connectivity index (χ2v) is 8.33. The number of aryl methyl sites for hydroxylation is 2. The molecule has 5 nitrogen and oxygen atoms in total. The number of nitrogens with one attached hydrogen (secondary N) is 2. The molecule has 0 aliphatic rings. The summed E-state index contributed by atoms with van der Waals surface area (Å²) in [6, 6.07) is 21.0. The van der Waals surface area contributed by atoms with Crippen molar-refractivity contribution in [1.29, 1.82) is 0 Å². The molecule has 1 aromatic heterocycles. The van der Waals surface area contributed by atoms with Gasteiger partial charge in [-0.15, -0.1) is 35.7 Å². The van der Waals surface area contributed by atoms with Crippen LogP contribution in [0.1, 0.15) is 18.3 Å². The van der Waals surface area contributed by atoms with Crippen molar-refractivity contribution < 1.29 is 0 Å². The van der Waals surface area contributed by atoms with Gasteiger partial charge >= 0.3 is 0 Å². The normalized spacial score (nSPS) is 12.1. The fraction of sp³-hybridized carbons (Fsp3) is 0.304. The average Bonchev–Trinajstić information content (AvgIpc) is 3.21. The number of thioether (sulfide) groups is 1. The third kappa shape index (κ3) is 8.02. The van der Waals surface area contributed by atoms with Gasteiger partial charge in [0.15, 0.2) is 5.96 Å². The number of benzene rings is 2. The molecule has 7 heteroatoms. The van der Waals surface area contributed by atoms with Crippen LogP contribution >= 0.6 is 35.7 Å². The van der Waals surface area contributed by atoms with Crippen LogP contribution in [0.25, 0.3) is 0 Å². The summed E-state index contributed by atoms with van der Waals surface area (Å²) in [4.78, 5) is 10.1. The van der Waals surface area contributed by atoms with Crippen LogP contribution < -0.4 is 10.6 Å². The van der Waals surface area contributed by atoms with Crippen LogP contribution in [0.3, 0.4) is 0 Å². The maximum Gasteiger partial charge on any atom is 0.191 e. The van der Waals surface area contributed by atoms with Gasteiger partial charge in [-0.2, -0.15) is 0 Å². The Balaban J connectivity index is 0.00000320. The minimum absolute atomic E-state index is 0. The minimum atomic E-state index is 0. The van der Waals surface area contributed by atoms with Crippen molar-refractivity contribution in [3.8, 4) is 0 Å². The molecule has 3 rings (SSSR count). The summed E-state index contributed by atoms with van der Waals surface area (Å²) in [5.74, 6) is 1.80. The molecular weight excluding hydrogens is 505 g/mol. The first-order chi connectivity index (χ1) is 14.2. The molecule has 2 N–H and O–H groups in total. The highest BCUT2D eigenvalue weighted by Gasteiger charge is 2.08. The maximum atomic E-state index is 4.50. The van der Waals surface area contributed by atoms with E-state index < -0.39 is 0 Å². The summed E-state index contributed by atoms with van der Waals surface area (Å²) < 4.78 is 2.20. The third-order valence-corrected chi connectivity index (χ3v) is 5.67. The molecule has 0 saturated heterocycles. The smallest absolute Gasteiger partial charge is 0.191 e. The molecule has 0 aliphatic heterocycles. The second-order valence-electron chi connectivity index (χ2n) is 6.82. The van der Waals surface area contributed by atoms with Gasteiger partial charge in [0.1, 0.15) is 5.82 Å². The predicted molar refractivity (Wildman–Crippen MR) is 138 cm³/mol. The fourth-order valence-corrected chi connectivity index (χ4v) is 3.95. The van der Waals surface area contributed by atoms with E-state index in [1.807, 2.05) is 36.3 Å². The van der Waals surface area contributed by atoms with Gasteiger partial charge in [-0.05, 0) is 24.1 Å². The first-order valence-corrected chi connectivity index (χ1v) is 10.8. The summed E-state index contributed by atoms with van der Waals surface area (Å²) in [5.41, 5.74) is 1.34. The van der Waals surface area contributed by atoms with Crippen LogP contribution in [0.4, 0.5) is 0 Å². The summed E-state index contributed by atoms with van der Waals surface area (Å²) in [6.07, 6.45) is 4.89. The number of aliphatic imine (C=N–C) groups is 1. The van der Waals surface area contributed by atoms with Gasteiger partial charge in [0.25, 0.3) is 0 Å². The van der Waals surface area contributed by atoms with Crippen molar-refractivity contribution in [2.24, 2.45) is 4.99 Å². The van der Waals surface area contributed by atoms with E-state index in [1.54, 1.807) is 7.05 Å². The highest BCUT2D eigenvalue weighted by atomic mass is 127. The maximum absolute atomic E-state index is 4.50. The van der Waals surface area contributed by atoms with Gasteiger partial charge < -0.3 is 15.2 Å². The molecule has 1 heterocycles. The number of halogens is 1. The number of aromatic nitrogens is 2. The molecule has 0 saturated carbocycles. The second kappa shape index (κ2) is 13.3. The number of guanidine groups is 1. The molecule has 1 atom stereocenters. The lowest BCUT2D eigenvalue weighted by Crippen LogP contribution is -2.40. The Kier molecular flexibility index (Phi) is 10.8. The highest BCUT2D eigenvalue weighted by Crippen LogP contribution is 2.21. The summed E-state index contributed by atoms with van der Waals surface area (Å²) in [6.45, 7) is 4.61. The molecule has 160 valence electrons. The van der Waals surface area contributed by atoms with E-state index >= 15 is 0 Å². The number of hydrogen-bond donors (Lipinski definition) is 2. The van der Waals surface area contributed by atoms with Gasteiger partial charge in [0, 0.05) is 42.7 Å². The fourth-order valence-electron chi connectivity index (χ4n) is 3.00. The monoisotopic (exact) mass is 535 g/mol. The molecule has 0 bridgehead atoms. The van der Waals surface area contributed by atoms with Crippen LogP contribution in [-0.2, 0) is 19.5 Å². The number of hydrogen-bond acceptors (Lipinski definition) is 3. The lowest BCUT2D eigenvalue weighted by atomic mass is 10.1.